The Hall–Kier alpha value is -2.34. The van der Waals surface area contributed by atoms with Gasteiger partial charge in [0.05, 0.1) is 10.1 Å². The van der Waals surface area contributed by atoms with Crippen molar-refractivity contribution in [1.82, 2.24) is 0 Å². The lowest BCUT2D eigenvalue weighted by Gasteiger charge is -2.22. The first-order chi connectivity index (χ1) is 13.4. The van der Waals surface area contributed by atoms with E-state index in [2.05, 4.69) is 10.2 Å². The first-order valence-electron chi connectivity index (χ1n) is 9.88. The molecule has 5 nitrogen and oxygen atoms in total. The fourth-order valence-corrected chi connectivity index (χ4v) is 4.42. The maximum atomic E-state index is 12.5. The molecule has 0 saturated carbocycles. The molecule has 0 atom stereocenters. The van der Waals surface area contributed by atoms with Crippen LogP contribution in [0.15, 0.2) is 53.4 Å². The number of benzene rings is 2. The summed E-state index contributed by atoms with van der Waals surface area (Å²) in [5.41, 5.74) is 2.34. The minimum absolute atomic E-state index is 0.237. The Morgan fingerprint density at radius 2 is 1.46 bits per heavy atom. The average molecular weight is 401 g/mol. The van der Waals surface area contributed by atoms with Gasteiger partial charge in [-0.25, -0.2) is 8.42 Å². The third-order valence-corrected chi connectivity index (χ3v) is 7.33. The Morgan fingerprint density at radius 3 is 2.00 bits per heavy atom. The van der Waals surface area contributed by atoms with Gasteiger partial charge in [0.15, 0.2) is 9.84 Å². The largest absolute Gasteiger partial charge is 0.372 e. The summed E-state index contributed by atoms with van der Waals surface area (Å²) in [6.45, 7) is 5.45. The maximum absolute atomic E-state index is 12.5. The molecule has 1 saturated heterocycles. The van der Waals surface area contributed by atoms with E-state index in [9.17, 15) is 13.2 Å². The highest BCUT2D eigenvalue weighted by atomic mass is 32.2. The number of hydrogen-bond donors (Lipinski definition) is 1. The number of nitrogens with zero attached hydrogens (tertiary/aromatic N) is 1. The van der Waals surface area contributed by atoms with Crippen LogP contribution in [0.5, 0.6) is 0 Å². The van der Waals surface area contributed by atoms with Crippen LogP contribution in [0.25, 0.3) is 0 Å². The lowest BCUT2D eigenvalue weighted by molar-refractivity contribution is 0.102. The molecule has 2 aromatic rings. The standard InChI is InChI=1S/C22H28N2O3S/c1-17(2)28(26,27)21-13-7-18(8-14-21)22(25)23-19-9-11-20(12-10-19)24-15-5-3-4-6-16-24/h7-14,17H,3-6,15-16H2,1-2H3,(H,23,25). The molecule has 150 valence electrons. The Morgan fingerprint density at radius 1 is 0.893 bits per heavy atom. The highest BCUT2D eigenvalue weighted by Gasteiger charge is 2.19. The van der Waals surface area contributed by atoms with Crippen molar-refractivity contribution < 1.29 is 13.2 Å². The SMILES string of the molecule is CC(C)S(=O)(=O)c1ccc(C(=O)Nc2ccc(N3CCCCCC3)cc2)cc1. The van der Waals surface area contributed by atoms with Crippen molar-refractivity contribution in [3.8, 4) is 0 Å². The normalized spacial score (nSPS) is 15.3. The van der Waals surface area contributed by atoms with Gasteiger partial charge in [-0.1, -0.05) is 12.8 Å². The van der Waals surface area contributed by atoms with Gasteiger partial charge in [-0.2, -0.15) is 0 Å². The van der Waals surface area contributed by atoms with E-state index >= 15 is 0 Å². The minimum Gasteiger partial charge on any atom is -0.372 e. The summed E-state index contributed by atoms with van der Waals surface area (Å²) in [5.74, 6) is -0.254. The summed E-state index contributed by atoms with van der Waals surface area (Å²) in [6, 6.07) is 14.0. The number of hydrogen-bond acceptors (Lipinski definition) is 4. The van der Waals surface area contributed by atoms with Crippen molar-refractivity contribution in [1.29, 1.82) is 0 Å². The number of nitrogens with one attached hydrogen (secondary N) is 1. The van der Waals surface area contributed by atoms with Gasteiger partial charge in [-0.05, 0) is 75.2 Å². The first-order valence-corrected chi connectivity index (χ1v) is 11.4. The zero-order valence-corrected chi connectivity index (χ0v) is 17.3. The van der Waals surface area contributed by atoms with Crippen LogP contribution >= 0.6 is 0 Å². The van der Waals surface area contributed by atoms with Gasteiger partial charge < -0.3 is 10.2 Å². The van der Waals surface area contributed by atoms with E-state index in [0.29, 0.717) is 5.56 Å². The number of rotatable bonds is 5. The highest BCUT2D eigenvalue weighted by Crippen LogP contribution is 2.22. The number of carbonyl (C=O) groups is 1. The second-order valence-electron chi connectivity index (χ2n) is 7.52. The predicted octanol–water partition coefficient (Wildman–Crippen LogP) is 4.50. The molecule has 1 amide bonds. The van der Waals surface area contributed by atoms with Crippen molar-refractivity contribution in [2.24, 2.45) is 0 Å². The van der Waals surface area contributed by atoms with Crippen LogP contribution in [-0.2, 0) is 9.84 Å². The summed E-state index contributed by atoms with van der Waals surface area (Å²) >= 11 is 0. The van der Waals surface area contributed by atoms with Gasteiger partial charge in [-0.15, -0.1) is 0 Å². The van der Waals surface area contributed by atoms with Crippen LogP contribution in [-0.4, -0.2) is 32.7 Å². The number of amides is 1. The van der Waals surface area contributed by atoms with E-state index in [1.807, 2.05) is 24.3 Å². The van der Waals surface area contributed by atoms with E-state index in [0.717, 1.165) is 18.8 Å². The van der Waals surface area contributed by atoms with Crippen molar-refractivity contribution in [3.63, 3.8) is 0 Å². The zero-order chi connectivity index (χ0) is 20.1. The molecule has 2 aromatic carbocycles. The molecule has 1 N–H and O–H groups in total. The second kappa shape index (κ2) is 8.78. The summed E-state index contributed by atoms with van der Waals surface area (Å²) in [4.78, 5) is 15.1. The van der Waals surface area contributed by atoms with Crippen molar-refractivity contribution >= 4 is 27.1 Å². The molecule has 0 aliphatic carbocycles. The molecule has 6 heteroatoms. The second-order valence-corrected chi connectivity index (χ2v) is 10.0. The molecule has 0 bridgehead atoms. The Labute approximate surface area is 167 Å². The van der Waals surface area contributed by atoms with Crippen molar-refractivity contribution in [2.45, 2.75) is 49.7 Å². The third-order valence-electron chi connectivity index (χ3n) is 5.16. The molecule has 1 aliphatic heterocycles. The Bertz CT molecular complexity index is 896. The lowest BCUT2D eigenvalue weighted by atomic mass is 10.2. The molecule has 1 aliphatic rings. The Kier molecular flexibility index (Phi) is 6.39. The number of sulfone groups is 1. The smallest absolute Gasteiger partial charge is 0.255 e. The maximum Gasteiger partial charge on any atom is 0.255 e. The monoisotopic (exact) mass is 400 g/mol. The van der Waals surface area contributed by atoms with Gasteiger partial charge in [0.2, 0.25) is 0 Å². The van der Waals surface area contributed by atoms with E-state index in [1.54, 1.807) is 26.0 Å². The summed E-state index contributed by atoms with van der Waals surface area (Å²) in [7, 11) is -3.33. The number of anilines is 2. The summed E-state index contributed by atoms with van der Waals surface area (Å²) in [5, 5.41) is 2.38. The van der Waals surface area contributed by atoms with Gasteiger partial charge >= 0.3 is 0 Å². The molecule has 28 heavy (non-hydrogen) atoms. The predicted molar refractivity (Wildman–Crippen MR) is 114 cm³/mol. The number of carbonyl (C=O) groups excluding carboxylic acids is 1. The topological polar surface area (TPSA) is 66.5 Å². The fourth-order valence-electron chi connectivity index (χ4n) is 3.36. The van der Waals surface area contributed by atoms with Gasteiger partial charge in [0.1, 0.15) is 0 Å². The van der Waals surface area contributed by atoms with E-state index in [-0.39, 0.29) is 10.8 Å². The molecule has 0 aromatic heterocycles. The van der Waals surface area contributed by atoms with Gasteiger partial charge in [-0.3, -0.25) is 4.79 Å². The Balaban J connectivity index is 1.66. The first kappa shape index (κ1) is 20.4. The van der Waals surface area contributed by atoms with E-state index in [1.165, 1.54) is 43.5 Å². The summed E-state index contributed by atoms with van der Waals surface area (Å²) < 4.78 is 24.4. The summed E-state index contributed by atoms with van der Waals surface area (Å²) in [6.07, 6.45) is 5.03. The van der Waals surface area contributed by atoms with Crippen LogP contribution in [0, 0.1) is 0 Å². The molecular formula is C22H28N2O3S. The lowest BCUT2D eigenvalue weighted by Crippen LogP contribution is -2.23. The van der Waals surface area contributed by atoms with E-state index < -0.39 is 15.1 Å². The van der Waals surface area contributed by atoms with Gasteiger partial charge in [0, 0.05) is 30.0 Å². The zero-order valence-electron chi connectivity index (χ0n) is 16.5. The molecule has 0 radical (unpaired) electrons. The highest BCUT2D eigenvalue weighted by molar-refractivity contribution is 7.92. The minimum atomic E-state index is -3.33. The van der Waals surface area contributed by atoms with E-state index in [4.69, 9.17) is 0 Å². The fraction of sp³-hybridized carbons (Fsp3) is 0.409. The van der Waals surface area contributed by atoms with Crippen LogP contribution in [0.4, 0.5) is 11.4 Å². The molecule has 3 rings (SSSR count). The average Bonchev–Trinajstić information content (AvgIpc) is 2.98. The van der Waals surface area contributed by atoms with Crippen molar-refractivity contribution in [3.05, 3.63) is 54.1 Å². The van der Waals surface area contributed by atoms with Crippen LogP contribution in [0.3, 0.4) is 0 Å². The molecular weight excluding hydrogens is 372 g/mol. The molecule has 1 heterocycles. The van der Waals surface area contributed by atoms with Crippen LogP contribution in [0.1, 0.15) is 49.9 Å². The van der Waals surface area contributed by atoms with Crippen LogP contribution < -0.4 is 10.2 Å². The van der Waals surface area contributed by atoms with Crippen LogP contribution in [0.2, 0.25) is 0 Å². The molecule has 0 unspecified atom stereocenters. The third kappa shape index (κ3) is 4.73. The molecule has 1 fully saturated rings. The van der Waals surface area contributed by atoms with Gasteiger partial charge in [0.25, 0.3) is 5.91 Å². The van der Waals surface area contributed by atoms with Crippen molar-refractivity contribution in [2.75, 3.05) is 23.3 Å². The quantitative estimate of drug-likeness (QED) is 0.802. The molecule has 0 spiro atoms.